The number of thiazole rings is 1. The van der Waals surface area contributed by atoms with E-state index in [1.807, 2.05) is 22.7 Å². The largest absolute Gasteiger partial charge is 0.342 e. The van der Waals surface area contributed by atoms with Crippen molar-refractivity contribution in [3.63, 3.8) is 0 Å². The first-order chi connectivity index (χ1) is 9.83. The van der Waals surface area contributed by atoms with Crippen molar-refractivity contribution in [3.8, 4) is 0 Å². The highest BCUT2D eigenvalue weighted by atomic mass is 32.1. The Kier molecular flexibility index (Phi) is 4.11. The maximum Gasteiger partial charge on any atom is 0.222 e. The number of hydrogen-bond acceptors (Lipinski definition) is 3. The lowest BCUT2D eigenvalue weighted by molar-refractivity contribution is -0.130. The molecular formula is C16H18N2OS. The van der Waals surface area contributed by atoms with Crippen LogP contribution < -0.4 is 0 Å². The van der Waals surface area contributed by atoms with Crippen LogP contribution in [-0.4, -0.2) is 28.9 Å². The van der Waals surface area contributed by atoms with E-state index in [4.69, 9.17) is 0 Å². The molecule has 1 aromatic heterocycles. The Bertz CT molecular complexity index is 553. The molecule has 1 amide bonds. The van der Waals surface area contributed by atoms with E-state index >= 15 is 0 Å². The molecular weight excluding hydrogens is 268 g/mol. The summed E-state index contributed by atoms with van der Waals surface area (Å²) >= 11 is 1.62. The van der Waals surface area contributed by atoms with Crippen LogP contribution in [0.4, 0.5) is 0 Å². The molecule has 0 N–H and O–H groups in total. The van der Waals surface area contributed by atoms with Crippen LogP contribution in [0.15, 0.2) is 42.0 Å². The number of nitrogens with zero attached hydrogens (tertiary/aromatic N) is 2. The monoisotopic (exact) mass is 286 g/mol. The first-order valence-electron chi connectivity index (χ1n) is 7.03. The third-order valence-electron chi connectivity index (χ3n) is 3.88. The molecule has 20 heavy (non-hydrogen) atoms. The average Bonchev–Trinajstić information content (AvgIpc) is 3.17. The van der Waals surface area contributed by atoms with Gasteiger partial charge in [0.05, 0.1) is 5.51 Å². The van der Waals surface area contributed by atoms with Crippen LogP contribution in [0.5, 0.6) is 0 Å². The zero-order chi connectivity index (χ0) is 13.8. The van der Waals surface area contributed by atoms with Gasteiger partial charge in [-0.1, -0.05) is 30.3 Å². The van der Waals surface area contributed by atoms with E-state index < -0.39 is 0 Å². The molecule has 0 saturated carbocycles. The maximum absolute atomic E-state index is 12.2. The standard InChI is InChI=1S/C16H18N2OS/c19-16(7-6-15-10-17-12-20-15)18-9-8-14(11-18)13-4-2-1-3-5-13/h1-5,10,12,14H,6-9,11H2. The minimum atomic E-state index is 0.275. The van der Waals surface area contributed by atoms with Crippen LogP contribution in [0.25, 0.3) is 0 Å². The molecule has 0 spiro atoms. The van der Waals surface area contributed by atoms with Crippen LogP contribution in [0.2, 0.25) is 0 Å². The second-order valence-electron chi connectivity index (χ2n) is 5.20. The number of hydrogen-bond donors (Lipinski definition) is 0. The molecule has 3 nitrogen and oxygen atoms in total. The number of aryl methyl sites for hydroxylation is 1. The van der Waals surface area contributed by atoms with Gasteiger partial charge in [0.1, 0.15) is 0 Å². The topological polar surface area (TPSA) is 33.2 Å². The third-order valence-corrected chi connectivity index (χ3v) is 4.72. The van der Waals surface area contributed by atoms with E-state index in [1.54, 1.807) is 11.3 Å². The lowest BCUT2D eigenvalue weighted by atomic mass is 9.99. The van der Waals surface area contributed by atoms with Crippen LogP contribution in [0.3, 0.4) is 0 Å². The predicted molar refractivity (Wildman–Crippen MR) is 80.8 cm³/mol. The first-order valence-corrected chi connectivity index (χ1v) is 7.91. The fourth-order valence-corrected chi connectivity index (χ4v) is 3.34. The summed E-state index contributed by atoms with van der Waals surface area (Å²) in [4.78, 5) is 19.5. The molecule has 2 aromatic rings. The van der Waals surface area contributed by atoms with Crippen LogP contribution in [-0.2, 0) is 11.2 Å². The fourth-order valence-electron chi connectivity index (χ4n) is 2.74. The van der Waals surface area contributed by atoms with Crippen LogP contribution in [0.1, 0.15) is 29.2 Å². The van der Waals surface area contributed by atoms with Gasteiger partial charge in [0.15, 0.2) is 0 Å². The second-order valence-corrected chi connectivity index (χ2v) is 6.17. The molecule has 104 valence electrons. The molecule has 1 aromatic carbocycles. The summed E-state index contributed by atoms with van der Waals surface area (Å²) in [6.45, 7) is 1.76. The Morgan fingerprint density at radius 1 is 1.35 bits per heavy atom. The molecule has 1 unspecified atom stereocenters. The van der Waals surface area contributed by atoms with Gasteiger partial charge in [0.2, 0.25) is 5.91 Å². The van der Waals surface area contributed by atoms with Crippen LogP contribution in [0, 0.1) is 0 Å². The minimum absolute atomic E-state index is 0.275. The zero-order valence-corrected chi connectivity index (χ0v) is 12.2. The summed E-state index contributed by atoms with van der Waals surface area (Å²) in [5.74, 6) is 0.778. The van der Waals surface area contributed by atoms with Gasteiger partial charge in [-0.05, 0) is 18.4 Å². The van der Waals surface area contributed by atoms with Gasteiger partial charge in [-0.15, -0.1) is 11.3 Å². The van der Waals surface area contributed by atoms with E-state index in [0.29, 0.717) is 12.3 Å². The highest BCUT2D eigenvalue weighted by Crippen LogP contribution is 2.27. The van der Waals surface area contributed by atoms with Gasteiger partial charge >= 0.3 is 0 Å². The number of amides is 1. The summed E-state index contributed by atoms with van der Waals surface area (Å²) in [7, 11) is 0. The number of likely N-dealkylation sites (tertiary alicyclic amines) is 1. The molecule has 0 bridgehead atoms. The quantitative estimate of drug-likeness (QED) is 0.865. The summed E-state index contributed by atoms with van der Waals surface area (Å²) in [6.07, 6.45) is 4.35. The van der Waals surface area contributed by atoms with E-state index in [9.17, 15) is 4.79 Å². The molecule has 1 fully saturated rings. The number of carbonyl (C=O) groups is 1. The maximum atomic E-state index is 12.2. The molecule has 0 radical (unpaired) electrons. The molecule has 2 heterocycles. The summed E-state index contributed by atoms with van der Waals surface area (Å²) in [6, 6.07) is 10.5. The van der Waals surface area contributed by atoms with Gasteiger partial charge in [-0.3, -0.25) is 9.78 Å². The third kappa shape index (κ3) is 3.07. The minimum Gasteiger partial charge on any atom is -0.342 e. The van der Waals surface area contributed by atoms with E-state index in [-0.39, 0.29) is 5.91 Å². The van der Waals surface area contributed by atoms with Gasteiger partial charge in [0, 0.05) is 36.5 Å². The first kappa shape index (κ1) is 13.3. The molecule has 1 atom stereocenters. The Labute approximate surface area is 123 Å². The smallest absolute Gasteiger partial charge is 0.222 e. The van der Waals surface area contributed by atoms with Gasteiger partial charge < -0.3 is 4.90 Å². The zero-order valence-electron chi connectivity index (χ0n) is 11.4. The molecule has 1 aliphatic heterocycles. The molecule has 1 saturated heterocycles. The summed E-state index contributed by atoms with van der Waals surface area (Å²) in [5, 5.41) is 0. The number of carbonyl (C=O) groups excluding carboxylic acids is 1. The molecule has 3 rings (SSSR count). The fraction of sp³-hybridized carbons (Fsp3) is 0.375. The Hall–Kier alpha value is -1.68. The lowest BCUT2D eigenvalue weighted by Crippen LogP contribution is -2.28. The highest BCUT2D eigenvalue weighted by Gasteiger charge is 2.26. The Morgan fingerprint density at radius 3 is 2.95 bits per heavy atom. The van der Waals surface area contributed by atoms with Gasteiger partial charge in [0.25, 0.3) is 0 Å². The summed E-state index contributed by atoms with van der Waals surface area (Å²) in [5.41, 5.74) is 3.17. The van der Waals surface area contributed by atoms with E-state index in [0.717, 1.165) is 25.9 Å². The lowest BCUT2D eigenvalue weighted by Gasteiger charge is -2.16. The molecule has 1 aliphatic rings. The Morgan fingerprint density at radius 2 is 2.20 bits per heavy atom. The van der Waals surface area contributed by atoms with Crippen molar-refractivity contribution >= 4 is 17.2 Å². The summed E-state index contributed by atoms with van der Waals surface area (Å²) < 4.78 is 0. The number of aromatic nitrogens is 1. The second kappa shape index (κ2) is 6.18. The van der Waals surface area contributed by atoms with Crippen molar-refractivity contribution in [2.45, 2.75) is 25.2 Å². The van der Waals surface area contributed by atoms with Crippen molar-refractivity contribution in [2.24, 2.45) is 0 Å². The van der Waals surface area contributed by atoms with Crippen molar-refractivity contribution in [1.29, 1.82) is 0 Å². The van der Waals surface area contributed by atoms with Crippen molar-refractivity contribution in [1.82, 2.24) is 9.88 Å². The van der Waals surface area contributed by atoms with E-state index in [1.165, 1.54) is 10.4 Å². The number of rotatable bonds is 4. The highest BCUT2D eigenvalue weighted by molar-refractivity contribution is 7.09. The van der Waals surface area contributed by atoms with Gasteiger partial charge in [-0.25, -0.2) is 0 Å². The predicted octanol–water partition coefficient (Wildman–Crippen LogP) is 3.09. The van der Waals surface area contributed by atoms with Crippen molar-refractivity contribution in [2.75, 3.05) is 13.1 Å². The average molecular weight is 286 g/mol. The van der Waals surface area contributed by atoms with E-state index in [2.05, 4.69) is 29.2 Å². The molecule has 4 heteroatoms. The molecule has 0 aliphatic carbocycles. The van der Waals surface area contributed by atoms with Crippen LogP contribution >= 0.6 is 11.3 Å². The van der Waals surface area contributed by atoms with Crippen molar-refractivity contribution in [3.05, 3.63) is 52.5 Å². The van der Waals surface area contributed by atoms with Crippen molar-refractivity contribution < 1.29 is 4.79 Å². The number of benzene rings is 1. The Balaban J connectivity index is 1.53. The normalized spacial score (nSPS) is 18.4. The van der Waals surface area contributed by atoms with Gasteiger partial charge in [-0.2, -0.15) is 0 Å². The SMILES string of the molecule is O=C(CCc1cncs1)N1CCC(c2ccccc2)C1.